The minimum absolute atomic E-state index is 0.0852. The van der Waals surface area contributed by atoms with Crippen LogP contribution in [-0.4, -0.2) is 30.5 Å². The average Bonchev–Trinajstić information content (AvgIpc) is 2.50. The second-order valence-corrected chi connectivity index (χ2v) is 8.10. The number of esters is 1. The monoisotopic (exact) mass is 427 g/mol. The smallest absolute Gasteiger partial charge is 0.456 e. The molecule has 1 heterocycles. The summed E-state index contributed by atoms with van der Waals surface area (Å²) < 4.78 is 95.0. The van der Waals surface area contributed by atoms with Crippen LogP contribution in [0.4, 0.5) is 22.0 Å². The molecule has 0 unspecified atom stereocenters. The van der Waals surface area contributed by atoms with E-state index >= 15 is 0 Å². The molecular weight excluding hydrogens is 413 g/mol. The van der Waals surface area contributed by atoms with Crippen molar-refractivity contribution in [1.29, 1.82) is 0 Å². The van der Waals surface area contributed by atoms with Gasteiger partial charge in [-0.25, -0.2) is 18.6 Å². The number of aromatic nitrogens is 1. The fourth-order valence-corrected chi connectivity index (χ4v) is 2.50. The van der Waals surface area contributed by atoms with Gasteiger partial charge in [-0.05, 0) is 39.0 Å². The van der Waals surface area contributed by atoms with Gasteiger partial charge in [0.2, 0.25) is 0 Å². The molecule has 0 aliphatic carbocycles. The number of carbonyl (C=O) groups is 1. The minimum Gasteiger partial charge on any atom is -0.456 e. The fraction of sp³-hybridized carbons (Fsp3) is 0.375. The molecule has 154 valence electrons. The van der Waals surface area contributed by atoms with E-state index in [4.69, 9.17) is 4.74 Å². The molecule has 0 atom stereocenters. The van der Waals surface area contributed by atoms with Crippen molar-refractivity contribution < 1.29 is 44.1 Å². The van der Waals surface area contributed by atoms with Crippen molar-refractivity contribution >= 4 is 27.0 Å². The normalized spacial score (nSPS) is 13.0. The Hall–Kier alpha value is -2.50. The molecule has 0 N–H and O–H groups in total. The number of rotatable bonds is 4. The van der Waals surface area contributed by atoms with E-state index in [0.717, 1.165) is 24.3 Å². The highest BCUT2D eigenvalue weighted by Gasteiger charge is 2.48. The van der Waals surface area contributed by atoms with E-state index in [1.165, 1.54) is 20.8 Å². The maximum atomic E-state index is 13.3. The van der Waals surface area contributed by atoms with Gasteiger partial charge in [-0.2, -0.15) is 21.6 Å². The largest absolute Gasteiger partial charge is 0.534 e. The standard InChI is InChI=1S/C16H14F5NO5S/c1-15(2,3)26-14(23)10-6-8-4-5-9(27-28(24,25)16(19,20)21)7-11(8)22-12(10)13(17)18/h4-7,13H,1-3H3. The van der Waals surface area contributed by atoms with Gasteiger partial charge >= 0.3 is 21.6 Å². The average molecular weight is 427 g/mol. The number of benzene rings is 1. The topological polar surface area (TPSA) is 82.6 Å². The Morgan fingerprint density at radius 3 is 2.21 bits per heavy atom. The summed E-state index contributed by atoms with van der Waals surface area (Å²) in [6.07, 6.45) is -3.20. The predicted octanol–water partition coefficient (Wildman–Crippen LogP) is 4.36. The van der Waals surface area contributed by atoms with Crippen LogP contribution in [0.3, 0.4) is 0 Å². The van der Waals surface area contributed by atoms with Gasteiger partial charge < -0.3 is 8.92 Å². The van der Waals surface area contributed by atoms with Gasteiger partial charge in [-0.15, -0.1) is 0 Å². The molecule has 0 fully saturated rings. The van der Waals surface area contributed by atoms with Crippen LogP contribution < -0.4 is 4.18 Å². The van der Waals surface area contributed by atoms with Crippen LogP contribution in [-0.2, 0) is 14.9 Å². The summed E-state index contributed by atoms with van der Waals surface area (Å²) in [7, 11) is -5.94. The number of hydrogen-bond donors (Lipinski definition) is 0. The highest BCUT2D eigenvalue weighted by molar-refractivity contribution is 7.88. The zero-order valence-electron chi connectivity index (χ0n) is 14.7. The quantitative estimate of drug-likeness (QED) is 0.312. The Bertz CT molecular complexity index is 1010. The van der Waals surface area contributed by atoms with E-state index < -0.39 is 50.6 Å². The van der Waals surface area contributed by atoms with E-state index in [9.17, 15) is 35.2 Å². The zero-order valence-corrected chi connectivity index (χ0v) is 15.5. The molecule has 12 heteroatoms. The fourth-order valence-electron chi connectivity index (χ4n) is 2.05. The molecule has 6 nitrogen and oxygen atoms in total. The lowest BCUT2D eigenvalue weighted by atomic mass is 10.1. The lowest BCUT2D eigenvalue weighted by Crippen LogP contribution is -2.28. The van der Waals surface area contributed by atoms with E-state index in [2.05, 4.69) is 9.17 Å². The first-order chi connectivity index (χ1) is 12.6. The highest BCUT2D eigenvalue weighted by atomic mass is 32.2. The molecule has 0 saturated heterocycles. The van der Waals surface area contributed by atoms with Crippen LogP contribution in [0.2, 0.25) is 0 Å². The minimum atomic E-state index is -5.94. The van der Waals surface area contributed by atoms with Crippen LogP contribution in [0.5, 0.6) is 5.75 Å². The molecule has 1 aromatic carbocycles. The predicted molar refractivity (Wildman–Crippen MR) is 87.5 cm³/mol. The zero-order chi connectivity index (χ0) is 21.5. The molecule has 0 spiro atoms. The Morgan fingerprint density at radius 1 is 1.11 bits per heavy atom. The Labute approximate surface area is 156 Å². The first-order valence-electron chi connectivity index (χ1n) is 7.58. The number of fused-ring (bicyclic) bond motifs is 1. The summed E-state index contributed by atoms with van der Waals surface area (Å²) in [6, 6.07) is 3.71. The Balaban J connectivity index is 2.53. The van der Waals surface area contributed by atoms with E-state index in [0.29, 0.717) is 0 Å². The van der Waals surface area contributed by atoms with Crippen molar-refractivity contribution in [2.75, 3.05) is 0 Å². The van der Waals surface area contributed by atoms with Gasteiger partial charge in [-0.1, -0.05) is 0 Å². The number of nitrogens with zero attached hydrogens (tertiary/aromatic N) is 1. The molecule has 0 amide bonds. The maximum Gasteiger partial charge on any atom is 0.534 e. The Morgan fingerprint density at radius 2 is 1.71 bits per heavy atom. The molecule has 2 aromatic rings. The molecule has 0 bridgehead atoms. The second-order valence-electron chi connectivity index (χ2n) is 6.56. The lowest BCUT2D eigenvalue weighted by molar-refractivity contribution is -0.0500. The lowest BCUT2D eigenvalue weighted by Gasteiger charge is -2.20. The van der Waals surface area contributed by atoms with Crippen molar-refractivity contribution in [3.63, 3.8) is 0 Å². The van der Waals surface area contributed by atoms with E-state index in [-0.39, 0.29) is 10.9 Å². The van der Waals surface area contributed by atoms with Crippen molar-refractivity contribution in [2.45, 2.75) is 38.3 Å². The summed E-state index contributed by atoms with van der Waals surface area (Å²) in [5, 5.41) is 0.0852. The third-order valence-electron chi connectivity index (χ3n) is 3.13. The van der Waals surface area contributed by atoms with Crippen molar-refractivity contribution in [3.8, 4) is 5.75 Å². The molecule has 1 aromatic heterocycles. The van der Waals surface area contributed by atoms with Gasteiger partial charge in [-0.3, -0.25) is 0 Å². The number of alkyl halides is 5. The molecule has 0 radical (unpaired) electrons. The van der Waals surface area contributed by atoms with E-state index in [1.807, 2.05) is 0 Å². The third kappa shape index (κ3) is 4.86. The number of carbonyl (C=O) groups excluding carboxylic acids is 1. The van der Waals surface area contributed by atoms with Crippen LogP contribution in [0, 0.1) is 0 Å². The molecule has 2 rings (SSSR count). The van der Waals surface area contributed by atoms with Gasteiger partial charge in [0, 0.05) is 11.5 Å². The van der Waals surface area contributed by atoms with Crippen LogP contribution in [0.25, 0.3) is 10.9 Å². The first-order valence-corrected chi connectivity index (χ1v) is 8.98. The van der Waals surface area contributed by atoms with Gasteiger partial charge in [0.15, 0.2) is 0 Å². The molecule has 0 aliphatic rings. The van der Waals surface area contributed by atoms with Gasteiger partial charge in [0.25, 0.3) is 6.43 Å². The molecule has 28 heavy (non-hydrogen) atoms. The SMILES string of the molecule is CC(C)(C)OC(=O)c1cc2ccc(OS(=O)(=O)C(F)(F)F)cc2nc1C(F)F. The first kappa shape index (κ1) is 21.8. The number of ether oxygens (including phenoxy) is 1. The van der Waals surface area contributed by atoms with Crippen LogP contribution in [0.15, 0.2) is 24.3 Å². The van der Waals surface area contributed by atoms with Crippen molar-refractivity contribution in [3.05, 3.63) is 35.5 Å². The highest BCUT2D eigenvalue weighted by Crippen LogP contribution is 2.31. The summed E-state index contributed by atoms with van der Waals surface area (Å²) in [5.41, 5.74) is -8.40. The van der Waals surface area contributed by atoms with Crippen molar-refractivity contribution in [2.24, 2.45) is 0 Å². The molecule has 0 saturated carbocycles. The summed E-state index contributed by atoms with van der Waals surface area (Å²) in [5.74, 6) is -1.83. The number of pyridine rings is 1. The Kier molecular flexibility index (Phi) is 5.57. The van der Waals surface area contributed by atoms with Gasteiger partial charge in [0.05, 0.1) is 11.1 Å². The number of halogens is 5. The van der Waals surface area contributed by atoms with Crippen LogP contribution >= 0.6 is 0 Å². The second kappa shape index (κ2) is 7.15. The molecular formula is C16H14F5NO5S. The third-order valence-corrected chi connectivity index (χ3v) is 4.11. The maximum absolute atomic E-state index is 13.3. The van der Waals surface area contributed by atoms with Crippen LogP contribution in [0.1, 0.15) is 43.2 Å². The number of hydrogen-bond acceptors (Lipinski definition) is 6. The van der Waals surface area contributed by atoms with E-state index in [1.54, 1.807) is 0 Å². The summed E-state index contributed by atoms with van der Waals surface area (Å²) >= 11 is 0. The summed E-state index contributed by atoms with van der Waals surface area (Å²) in [6.45, 7) is 4.60. The van der Waals surface area contributed by atoms with Gasteiger partial charge in [0.1, 0.15) is 17.0 Å². The summed E-state index contributed by atoms with van der Waals surface area (Å²) in [4.78, 5) is 15.7. The van der Waals surface area contributed by atoms with Crippen molar-refractivity contribution in [1.82, 2.24) is 4.98 Å². The molecule has 0 aliphatic heterocycles.